The number of pyridine rings is 1. The summed E-state index contributed by atoms with van der Waals surface area (Å²) in [6.45, 7) is 13.1. The van der Waals surface area contributed by atoms with Gasteiger partial charge in [0, 0.05) is 41.0 Å². The van der Waals surface area contributed by atoms with Crippen LogP contribution in [0.4, 0.5) is 10.2 Å². The third-order valence-electron chi connectivity index (χ3n) is 6.77. The number of rotatable bonds is 8. The van der Waals surface area contributed by atoms with Gasteiger partial charge in [-0.3, -0.25) is 5.10 Å². The van der Waals surface area contributed by atoms with Crippen LogP contribution in [0, 0.1) is 11.7 Å². The van der Waals surface area contributed by atoms with Gasteiger partial charge in [0.05, 0.1) is 11.4 Å². The number of allylic oxidation sites excluding steroid dienone is 7. The first kappa shape index (κ1) is 26.9. The summed E-state index contributed by atoms with van der Waals surface area (Å²) in [4.78, 5) is 8.23. The number of hydrogen-bond donors (Lipinski definition) is 4. The van der Waals surface area contributed by atoms with Crippen LogP contribution in [-0.2, 0) is 0 Å². The molecule has 3 aromatic heterocycles. The Morgan fingerprint density at radius 2 is 1.95 bits per heavy atom. The van der Waals surface area contributed by atoms with Gasteiger partial charge in [0.25, 0.3) is 0 Å². The molecule has 0 saturated carbocycles. The molecule has 40 heavy (non-hydrogen) atoms. The molecule has 1 aromatic carbocycles. The molecule has 4 aromatic rings. The summed E-state index contributed by atoms with van der Waals surface area (Å²) in [7, 11) is 0. The van der Waals surface area contributed by atoms with Crippen molar-refractivity contribution in [2.24, 2.45) is 5.92 Å². The van der Waals surface area contributed by atoms with Crippen molar-refractivity contribution in [3.05, 3.63) is 114 Å². The summed E-state index contributed by atoms with van der Waals surface area (Å²) in [5.41, 5.74) is 8.43. The monoisotopic (exact) mass is 534 g/mol. The number of nitrogens with one attached hydrogen (secondary N) is 4. The van der Waals surface area contributed by atoms with Crippen molar-refractivity contribution < 1.29 is 4.39 Å². The van der Waals surface area contributed by atoms with E-state index in [1.165, 1.54) is 12.1 Å². The average Bonchev–Trinajstić information content (AvgIpc) is 3.52. The quantitative estimate of drug-likeness (QED) is 0.138. The highest BCUT2D eigenvalue weighted by Gasteiger charge is 2.19. The molecule has 0 aliphatic carbocycles. The smallest absolute Gasteiger partial charge is 0.181 e. The summed E-state index contributed by atoms with van der Waals surface area (Å²) >= 11 is 0. The van der Waals surface area contributed by atoms with E-state index in [2.05, 4.69) is 102 Å². The van der Waals surface area contributed by atoms with E-state index in [1.807, 2.05) is 18.3 Å². The molecule has 4 heterocycles. The Morgan fingerprint density at radius 1 is 1.15 bits per heavy atom. The van der Waals surface area contributed by atoms with E-state index in [9.17, 15) is 4.39 Å². The summed E-state index contributed by atoms with van der Waals surface area (Å²) in [5.74, 6) is 0.824. The molecular weight excluding hydrogens is 499 g/mol. The predicted molar refractivity (Wildman–Crippen MR) is 164 cm³/mol. The minimum atomic E-state index is -0.257. The number of nitrogens with zero attached hydrogens (tertiary/aromatic N) is 2. The van der Waals surface area contributed by atoms with Gasteiger partial charge in [-0.05, 0) is 73.7 Å². The van der Waals surface area contributed by atoms with E-state index in [1.54, 1.807) is 12.1 Å². The van der Waals surface area contributed by atoms with Gasteiger partial charge in [0.2, 0.25) is 0 Å². The first-order valence-electron chi connectivity index (χ1n) is 13.6. The zero-order valence-electron chi connectivity index (χ0n) is 23.3. The van der Waals surface area contributed by atoms with Crippen LogP contribution < -0.4 is 10.6 Å². The molecule has 4 N–H and O–H groups in total. The second-order valence-electron chi connectivity index (χ2n) is 10.4. The highest BCUT2D eigenvalue weighted by atomic mass is 19.1. The fraction of sp³-hybridized carbons (Fsp3) is 0.212. The van der Waals surface area contributed by atoms with E-state index in [-0.39, 0.29) is 11.7 Å². The Labute approximate surface area is 234 Å². The normalized spacial score (nSPS) is 16.9. The fourth-order valence-electron chi connectivity index (χ4n) is 4.88. The van der Waals surface area contributed by atoms with Gasteiger partial charge in [-0.15, -0.1) is 6.58 Å². The average molecular weight is 535 g/mol. The molecule has 5 rings (SSSR count). The Morgan fingerprint density at radius 3 is 2.70 bits per heavy atom. The van der Waals surface area contributed by atoms with Gasteiger partial charge in [-0.2, -0.15) is 5.10 Å². The van der Waals surface area contributed by atoms with Crippen molar-refractivity contribution in [2.75, 3.05) is 11.9 Å². The number of anilines is 1. The topological polar surface area (TPSA) is 81.4 Å². The van der Waals surface area contributed by atoms with Crippen molar-refractivity contribution in [1.82, 2.24) is 25.5 Å². The molecule has 6 nitrogen and oxygen atoms in total. The molecule has 204 valence electrons. The van der Waals surface area contributed by atoms with Crippen LogP contribution in [-0.4, -0.2) is 32.8 Å². The first-order valence-corrected chi connectivity index (χ1v) is 13.6. The molecule has 7 heteroatoms. The lowest BCUT2D eigenvalue weighted by Crippen LogP contribution is -2.20. The molecule has 0 unspecified atom stereocenters. The Hall–Kier alpha value is -4.65. The van der Waals surface area contributed by atoms with E-state index in [0.29, 0.717) is 18.2 Å². The third-order valence-corrected chi connectivity index (χ3v) is 6.77. The lowest BCUT2D eigenvalue weighted by Gasteiger charge is -2.12. The van der Waals surface area contributed by atoms with Crippen molar-refractivity contribution in [1.29, 1.82) is 0 Å². The van der Waals surface area contributed by atoms with Gasteiger partial charge in [0.1, 0.15) is 11.6 Å². The van der Waals surface area contributed by atoms with E-state index < -0.39 is 0 Å². The molecule has 0 fully saturated rings. The van der Waals surface area contributed by atoms with E-state index in [0.717, 1.165) is 56.1 Å². The van der Waals surface area contributed by atoms with E-state index in [4.69, 9.17) is 0 Å². The highest BCUT2D eigenvalue weighted by molar-refractivity contribution is 5.95. The zero-order chi connectivity index (χ0) is 28.2. The van der Waals surface area contributed by atoms with Crippen LogP contribution in [0.3, 0.4) is 0 Å². The van der Waals surface area contributed by atoms with Crippen LogP contribution in [0.15, 0.2) is 91.3 Å². The fourth-order valence-corrected chi connectivity index (χ4v) is 4.88. The molecule has 1 aliphatic rings. The number of hydrogen-bond acceptors (Lipinski definition) is 4. The predicted octanol–water partition coefficient (Wildman–Crippen LogP) is 7.61. The molecule has 0 amide bonds. The van der Waals surface area contributed by atoms with Crippen molar-refractivity contribution in [2.45, 2.75) is 33.7 Å². The molecule has 1 aliphatic heterocycles. The minimum Gasteiger partial charge on any atom is -0.386 e. The SMILES string of the molecule is C=C[C@H](C)/C=C(\C=C(/C)NC(C)C)c1cnc2n[nH]c(-c3cc4c([nH]3)NC/C=C\C=C/4c3ccc(F)cc3)c2c1. The van der Waals surface area contributed by atoms with Gasteiger partial charge in [0.15, 0.2) is 5.65 Å². The Balaban J connectivity index is 1.59. The second kappa shape index (κ2) is 11.6. The summed E-state index contributed by atoms with van der Waals surface area (Å²) < 4.78 is 13.7. The number of aromatic nitrogens is 4. The van der Waals surface area contributed by atoms with Crippen molar-refractivity contribution in [3.8, 4) is 11.4 Å². The van der Waals surface area contributed by atoms with Gasteiger partial charge in [-0.25, -0.2) is 9.37 Å². The largest absolute Gasteiger partial charge is 0.386 e. The zero-order valence-corrected chi connectivity index (χ0v) is 23.3. The van der Waals surface area contributed by atoms with Crippen LogP contribution in [0.2, 0.25) is 0 Å². The number of halogens is 1. The number of H-pyrrole nitrogens is 2. The molecule has 1 atom stereocenters. The summed E-state index contributed by atoms with van der Waals surface area (Å²) in [6.07, 6.45) is 14.3. The summed E-state index contributed by atoms with van der Waals surface area (Å²) in [6, 6.07) is 11.1. The molecule has 0 spiro atoms. The maximum Gasteiger partial charge on any atom is 0.181 e. The lowest BCUT2D eigenvalue weighted by atomic mass is 9.97. The van der Waals surface area contributed by atoms with Crippen molar-refractivity contribution >= 4 is 28.0 Å². The van der Waals surface area contributed by atoms with Crippen molar-refractivity contribution in [3.63, 3.8) is 0 Å². The van der Waals surface area contributed by atoms with Crippen LogP contribution in [0.25, 0.3) is 33.6 Å². The summed E-state index contributed by atoms with van der Waals surface area (Å²) in [5, 5.41) is 15.5. The number of benzene rings is 1. The molecule has 0 radical (unpaired) electrons. The van der Waals surface area contributed by atoms with Crippen LogP contribution in [0.1, 0.15) is 44.4 Å². The number of aromatic amines is 2. The third kappa shape index (κ3) is 5.83. The standard InChI is InChI=1S/C33H35FN6/c1-6-21(4)15-24(16-22(5)37-20(2)3)25-17-29-31(39-40-33(29)36-19-25)30-18-28-27(23-10-12-26(34)13-11-23)9-7-8-14-35-32(28)38-30/h6-13,15-21,35,37-38H,1,14H2,2-5H3,(H,36,39,40)/b8-7-,22-16+,24-15+,27-9-/t21-/m0/s1. The second-order valence-corrected chi connectivity index (χ2v) is 10.4. The maximum absolute atomic E-state index is 13.7. The molecule has 0 saturated heterocycles. The Bertz CT molecular complexity index is 1650. The van der Waals surface area contributed by atoms with Crippen LogP contribution >= 0.6 is 0 Å². The maximum atomic E-state index is 13.7. The van der Waals surface area contributed by atoms with Crippen LogP contribution in [0.5, 0.6) is 0 Å². The van der Waals surface area contributed by atoms with E-state index >= 15 is 0 Å². The van der Waals surface area contributed by atoms with Gasteiger partial charge >= 0.3 is 0 Å². The van der Waals surface area contributed by atoms with Gasteiger partial charge in [-0.1, -0.05) is 49.4 Å². The highest BCUT2D eigenvalue weighted by Crippen LogP contribution is 2.36. The Kier molecular flexibility index (Phi) is 7.82. The number of fused-ring (bicyclic) bond motifs is 2. The lowest BCUT2D eigenvalue weighted by molar-refractivity contribution is 0.627. The minimum absolute atomic E-state index is 0.192. The van der Waals surface area contributed by atoms with Gasteiger partial charge < -0.3 is 15.6 Å². The first-order chi connectivity index (χ1) is 19.3. The molecular formula is C33H35FN6. The molecule has 0 bridgehead atoms.